The van der Waals surface area contributed by atoms with Gasteiger partial charge in [0.05, 0.1) is 12.7 Å². The average molecular weight is 296 g/mol. The van der Waals surface area contributed by atoms with E-state index in [2.05, 4.69) is 21.0 Å². The van der Waals surface area contributed by atoms with Crippen molar-refractivity contribution >= 4 is 23.5 Å². The van der Waals surface area contributed by atoms with Crippen LogP contribution in [-0.4, -0.2) is 36.2 Å². The highest BCUT2D eigenvalue weighted by molar-refractivity contribution is 5.87. The van der Waals surface area contributed by atoms with Crippen LogP contribution in [0.15, 0.2) is 24.3 Å². The molecule has 0 atom stereocenters. The quantitative estimate of drug-likeness (QED) is 0.855. The Morgan fingerprint density at radius 3 is 2.45 bits per heavy atom. The fourth-order valence-electron chi connectivity index (χ4n) is 1.71. The summed E-state index contributed by atoms with van der Waals surface area (Å²) in [5.74, 6) is 1.47. The van der Waals surface area contributed by atoms with Crippen LogP contribution in [0.3, 0.4) is 0 Å². The van der Waals surface area contributed by atoms with Crippen molar-refractivity contribution in [3.8, 4) is 11.8 Å². The summed E-state index contributed by atoms with van der Waals surface area (Å²) in [6, 6.07) is 9.40. The summed E-state index contributed by atoms with van der Waals surface area (Å²) >= 11 is 0. The molecule has 0 radical (unpaired) electrons. The van der Waals surface area contributed by atoms with Crippen molar-refractivity contribution < 1.29 is 4.74 Å². The van der Waals surface area contributed by atoms with E-state index in [9.17, 15) is 5.26 Å². The summed E-state index contributed by atoms with van der Waals surface area (Å²) < 4.78 is 5.10. The third-order valence-electron chi connectivity index (χ3n) is 2.83. The number of rotatable bonds is 4. The molecular formula is C15H16N6O. The van der Waals surface area contributed by atoms with E-state index >= 15 is 0 Å². The third-order valence-corrected chi connectivity index (χ3v) is 2.83. The minimum atomic E-state index is 0.0737. The van der Waals surface area contributed by atoms with Gasteiger partial charge in [0.25, 0.3) is 0 Å². The molecule has 0 aliphatic rings. The van der Waals surface area contributed by atoms with E-state index in [1.807, 2.05) is 24.3 Å². The molecule has 0 fully saturated rings. The van der Waals surface area contributed by atoms with Crippen molar-refractivity contribution in [2.75, 3.05) is 31.8 Å². The van der Waals surface area contributed by atoms with Crippen molar-refractivity contribution in [1.82, 2.24) is 15.0 Å². The highest BCUT2D eigenvalue weighted by Gasteiger charge is 2.10. The lowest BCUT2D eigenvalue weighted by Crippen LogP contribution is -2.15. The minimum absolute atomic E-state index is 0.0737. The molecule has 2 rings (SSSR count). The van der Waals surface area contributed by atoms with Gasteiger partial charge in [-0.1, -0.05) is 12.1 Å². The number of anilines is 2. The van der Waals surface area contributed by atoms with Crippen LogP contribution in [0, 0.1) is 11.3 Å². The first-order valence-corrected chi connectivity index (χ1v) is 6.48. The minimum Gasteiger partial charge on any atom is -0.497 e. The molecule has 0 aliphatic carbocycles. The molecule has 0 spiro atoms. The highest BCUT2D eigenvalue weighted by Crippen LogP contribution is 2.19. The molecule has 0 amide bonds. The molecule has 1 aromatic carbocycles. The molecule has 1 heterocycles. The summed E-state index contributed by atoms with van der Waals surface area (Å²) in [5.41, 5.74) is 6.82. The molecule has 1 aromatic heterocycles. The van der Waals surface area contributed by atoms with Crippen LogP contribution < -0.4 is 15.4 Å². The van der Waals surface area contributed by atoms with Crippen LogP contribution in [0.4, 0.5) is 11.9 Å². The SMILES string of the molecule is COc1ccc(/C=C(\C#N)c2nc(N)nc(N(C)C)n2)cc1. The first-order valence-electron chi connectivity index (χ1n) is 6.48. The van der Waals surface area contributed by atoms with E-state index in [4.69, 9.17) is 10.5 Å². The van der Waals surface area contributed by atoms with Crippen LogP contribution >= 0.6 is 0 Å². The summed E-state index contributed by atoms with van der Waals surface area (Å²) in [5, 5.41) is 9.36. The van der Waals surface area contributed by atoms with Crippen molar-refractivity contribution in [2.45, 2.75) is 0 Å². The zero-order valence-corrected chi connectivity index (χ0v) is 12.6. The second-order valence-electron chi connectivity index (χ2n) is 4.65. The largest absolute Gasteiger partial charge is 0.497 e. The third kappa shape index (κ3) is 3.49. The molecule has 0 unspecified atom stereocenters. The topological polar surface area (TPSA) is 101 Å². The number of nitrogen functional groups attached to an aromatic ring is 1. The zero-order valence-electron chi connectivity index (χ0n) is 12.6. The smallest absolute Gasteiger partial charge is 0.230 e. The van der Waals surface area contributed by atoms with Crippen molar-refractivity contribution in [1.29, 1.82) is 5.26 Å². The predicted molar refractivity (Wildman–Crippen MR) is 85.0 cm³/mol. The fraction of sp³-hybridized carbons (Fsp3) is 0.200. The maximum Gasteiger partial charge on any atom is 0.230 e. The lowest BCUT2D eigenvalue weighted by Gasteiger charge is -2.11. The van der Waals surface area contributed by atoms with E-state index in [1.54, 1.807) is 32.2 Å². The normalized spacial score (nSPS) is 10.9. The number of hydrogen-bond acceptors (Lipinski definition) is 7. The van der Waals surface area contributed by atoms with Crippen molar-refractivity contribution in [2.24, 2.45) is 0 Å². The van der Waals surface area contributed by atoms with Gasteiger partial charge in [-0.05, 0) is 23.8 Å². The number of methoxy groups -OCH3 is 1. The summed E-state index contributed by atoms with van der Waals surface area (Å²) in [6.07, 6.45) is 1.69. The molecule has 7 nitrogen and oxygen atoms in total. The van der Waals surface area contributed by atoms with Crippen LogP contribution in [0.25, 0.3) is 11.6 Å². The molecule has 2 N–H and O–H groups in total. The van der Waals surface area contributed by atoms with E-state index in [1.165, 1.54) is 0 Å². The number of aromatic nitrogens is 3. The molecule has 7 heteroatoms. The number of nitrogens with zero attached hydrogens (tertiary/aromatic N) is 5. The first-order chi connectivity index (χ1) is 10.5. The van der Waals surface area contributed by atoms with E-state index < -0.39 is 0 Å². The molecule has 2 aromatic rings. The number of hydrogen-bond donors (Lipinski definition) is 1. The van der Waals surface area contributed by atoms with Crippen molar-refractivity contribution in [3.63, 3.8) is 0 Å². The van der Waals surface area contributed by atoms with Gasteiger partial charge in [0.15, 0.2) is 5.82 Å². The molecule has 0 bridgehead atoms. The summed E-state index contributed by atoms with van der Waals surface area (Å²) in [6.45, 7) is 0. The summed E-state index contributed by atoms with van der Waals surface area (Å²) in [7, 11) is 5.18. The average Bonchev–Trinajstić information content (AvgIpc) is 2.52. The second kappa shape index (κ2) is 6.54. The number of benzene rings is 1. The van der Waals surface area contributed by atoms with E-state index in [0.29, 0.717) is 11.5 Å². The highest BCUT2D eigenvalue weighted by atomic mass is 16.5. The molecular weight excluding hydrogens is 280 g/mol. The predicted octanol–water partition coefficient (Wildman–Crippen LogP) is 1.59. The zero-order chi connectivity index (χ0) is 16.1. The van der Waals surface area contributed by atoms with Crippen LogP contribution in [-0.2, 0) is 0 Å². The Balaban J connectivity index is 2.43. The Bertz CT molecular complexity index is 731. The summed E-state index contributed by atoms with van der Waals surface area (Å²) in [4.78, 5) is 14.0. The lowest BCUT2D eigenvalue weighted by molar-refractivity contribution is 0.415. The maximum atomic E-state index is 9.36. The van der Waals surface area contributed by atoms with E-state index in [0.717, 1.165) is 11.3 Å². The Kier molecular flexibility index (Phi) is 4.53. The van der Waals surface area contributed by atoms with Gasteiger partial charge in [-0.25, -0.2) is 0 Å². The number of nitriles is 1. The lowest BCUT2D eigenvalue weighted by atomic mass is 10.1. The van der Waals surface area contributed by atoms with Gasteiger partial charge in [0.2, 0.25) is 11.9 Å². The number of allylic oxidation sites excluding steroid dienone is 1. The van der Waals surface area contributed by atoms with Crippen LogP contribution in [0.5, 0.6) is 5.75 Å². The number of ether oxygens (including phenoxy) is 1. The van der Waals surface area contributed by atoms with Gasteiger partial charge >= 0.3 is 0 Å². The molecule has 0 aliphatic heterocycles. The Morgan fingerprint density at radius 2 is 1.91 bits per heavy atom. The van der Waals surface area contributed by atoms with Gasteiger partial charge in [0, 0.05) is 14.1 Å². The molecule has 22 heavy (non-hydrogen) atoms. The van der Waals surface area contributed by atoms with Crippen LogP contribution in [0.1, 0.15) is 11.4 Å². The fourth-order valence-corrected chi connectivity index (χ4v) is 1.71. The molecule has 0 saturated carbocycles. The maximum absolute atomic E-state index is 9.36. The Morgan fingerprint density at radius 1 is 1.23 bits per heavy atom. The Hall–Kier alpha value is -3.14. The van der Waals surface area contributed by atoms with Gasteiger partial charge in [-0.2, -0.15) is 20.2 Å². The monoisotopic (exact) mass is 296 g/mol. The van der Waals surface area contributed by atoms with E-state index in [-0.39, 0.29) is 11.8 Å². The molecule has 0 saturated heterocycles. The Labute approximate surface area is 128 Å². The van der Waals surface area contributed by atoms with Gasteiger partial charge in [-0.15, -0.1) is 0 Å². The number of nitrogens with two attached hydrogens (primary N) is 1. The molecule has 112 valence electrons. The van der Waals surface area contributed by atoms with Crippen molar-refractivity contribution in [3.05, 3.63) is 35.7 Å². The standard InChI is InChI=1S/C15H16N6O/c1-21(2)15-19-13(18-14(17)20-15)11(9-16)8-10-4-6-12(22-3)7-5-10/h4-8H,1-3H3,(H2,17,18,19,20)/b11-8+. The van der Waals surface area contributed by atoms with Gasteiger partial charge in [0.1, 0.15) is 11.8 Å². The second-order valence-corrected chi connectivity index (χ2v) is 4.65. The first kappa shape index (κ1) is 15.3. The van der Waals surface area contributed by atoms with Gasteiger partial charge in [-0.3, -0.25) is 0 Å². The van der Waals surface area contributed by atoms with Gasteiger partial charge < -0.3 is 15.4 Å². The van der Waals surface area contributed by atoms with Crippen LogP contribution in [0.2, 0.25) is 0 Å².